The summed E-state index contributed by atoms with van der Waals surface area (Å²) in [6.45, 7) is 2.60. The van der Waals surface area contributed by atoms with Crippen LogP contribution >= 0.6 is 0 Å². The second-order valence-electron chi connectivity index (χ2n) is 5.56. The molecular weight excluding hydrogens is 250 g/mol. The van der Waals surface area contributed by atoms with E-state index in [1.807, 2.05) is 39.2 Å². The van der Waals surface area contributed by atoms with Gasteiger partial charge in [-0.15, -0.1) is 0 Å². The Kier molecular flexibility index (Phi) is 7.26. The fourth-order valence-corrected chi connectivity index (χ4v) is 2.16. The highest BCUT2D eigenvalue weighted by molar-refractivity contribution is 5.75. The number of nitrogens with two attached hydrogens (primary N) is 1. The Morgan fingerprint density at radius 3 is 2.50 bits per heavy atom. The average Bonchev–Trinajstić information content (AvgIpc) is 2.39. The van der Waals surface area contributed by atoms with Gasteiger partial charge in [-0.1, -0.05) is 30.3 Å². The van der Waals surface area contributed by atoms with E-state index in [1.54, 1.807) is 0 Å². The van der Waals surface area contributed by atoms with Crippen molar-refractivity contribution in [2.75, 3.05) is 20.6 Å². The van der Waals surface area contributed by atoms with E-state index in [0.29, 0.717) is 13.0 Å². The zero-order chi connectivity index (χ0) is 15.0. The fourth-order valence-electron chi connectivity index (χ4n) is 2.16. The van der Waals surface area contributed by atoms with Crippen molar-refractivity contribution in [1.82, 2.24) is 10.2 Å². The smallest absolute Gasteiger partial charge is 0.220 e. The van der Waals surface area contributed by atoms with Crippen molar-refractivity contribution >= 4 is 5.91 Å². The molecule has 4 heteroatoms. The number of hydrogen-bond acceptors (Lipinski definition) is 3. The van der Waals surface area contributed by atoms with E-state index in [2.05, 4.69) is 22.3 Å². The lowest BCUT2D eigenvalue weighted by atomic mass is 10.1. The molecule has 20 heavy (non-hydrogen) atoms. The van der Waals surface area contributed by atoms with E-state index < -0.39 is 0 Å². The third-order valence-corrected chi connectivity index (χ3v) is 3.36. The summed E-state index contributed by atoms with van der Waals surface area (Å²) in [6, 6.07) is 10.6. The number of benzene rings is 1. The summed E-state index contributed by atoms with van der Waals surface area (Å²) in [4.78, 5) is 13.9. The Bertz CT molecular complexity index is 390. The van der Waals surface area contributed by atoms with Gasteiger partial charge in [0, 0.05) is 19.0 Å². The molecule has 1 rings (SSSR count). The molecule has 0 bridgehead atoms. The van der Waals surface area contributed by atoms with Gasteiger partial charge >= 0.3 is 0 Å². The largest absolute Gasteiger partial charge is 0.354 e. The number of nitrogens with zero attached hydrogens (tertiary/aromatic N) is 1. The summed E-state index contributed by atoms with van der Waals surface area (Å²) in [7, 11) is 4.06. The summed E-state index contributed by atoms with van der Waals surface area (Å²) in [5.41, 5.74) is 6.89. The Labute approximate surface area is 122 Å². The van der Waals surface area contributed by atoms with Crippen LogP contribution in [-0.4, -0.2) is 37.5 Å². The molecule has 2 atom stereocenters. The summed E-state index contributed by atoms with van der Waals surface area (Å²) in [5, 5.41) is 3.01. The van der Waals surface area contributed by atoms with Crippen LogP contribution in [0.4, 0.5) is 0 Å². The van der Waals surface area contributed by atoms with Crippen LogP contribution in [0, 0.1) is 0 Å². The SMILES string of the molecule is CC(N)CCCC(=O)NCC(c1ccccc1)N(C)C. The second kappa shape index (κ2) is 8.72. The first kappa shape index (κ1) is 16.7. The number of nitrogens with one attached hydrogen (secondary N) is 1. The monoisotopic (exact) mass is 277 g/mol. The molecule has 2 unspecified atom stereocenters. The number of carbonyl (C=O) groups is 1. The van der Waals surface area contributed by atoms with E-state index in [0.717, 1.165) is 12.8 Å². The summed E-state index contributed by atoms with van der Waals surface area (Å²) < 4.78 is 0. The van der Waals surface area contributed by atoms with E-state index in [9.17, 15) is 4.79 Å². The van der Waals surface area contributed by atoms with E-state index >= 15 is 0 Å². The van der Waals surface area contributed by atoms with Gasteiger partial charge in [-0.05, 0) is 39.4 Å². The molecule has 0 aliphatic rings. The van der Waals surface area contributed by atoms with E-state index in [4.69, 9.17) is 5.73 Å². The second-order valence-corrected chi connectivity index (χ2v) is 5.56. The minimum atomic E-state index is 0.105. The predicted molar refractivity (Wildman–Crippen MR) is 83.4 cm³/mol. The lowest BCUT2D eigenvalue weighted by Gasteiger charge is -2.25. The van der Waals surface area contributed by atoms with Crippen LogP contribution in [0.25, 0.3) is 0 Å². The maximum absolute atomic E-state index is 11.8. The molecule has 0 aromatic heterocycles. The van der Waals surface area contributed by atoms with Crippen molar-refractivity contribution in [2.24, 2.45) is 5.73 Å². The molecule has 1 aromatic carbocycles. The van der Waals surface area contributed by atoms with Crippen LogP contribution in [0.3, 0.4) is 0 Å². The molecule has 1 amide bonds. The van der Waals surface area contributed by atoms with Gasteiger partial charge < -0.3 is 16.0 Å². The highest BCUT2D eigenvalue weighted by Crippen LogP contribution is 2.16. The van der Waals surface area contributed by atoms with Crippen LogP contribution < -0.4 is 11.1 Å². The minimum absolute atomic E-state index is 0.105. The first-order valence-electron chi connectivity index (χ1n) is 7.24. The lowest BCUT2D eigenvalue weighted by molar-refractivity contribution is -0.121. The van der Waals surface area contributed by atoms with E-state index in [1.165, 1.54) is 5.56 Å². The van der Waals surface area contributed by atoms with Crippen LogP contribution in [0.1, 0.15) is 37.8 Å². The Balaban J connectivity index is 2.42. The number of rotatable bonds is 8. The molecule has 4 nitrogen and oxygen atoms in total. The predicted octanol–water partition coefficient (Wildman–Crippen LogP) is 1.92. The van der Waals surface area contributed by atoms with Gasteiger partial charge in [0.25, 0.3) is 0 Å². The molecule has 0 aliphatic carbocycles. The summed E-state index contributed by atoms with van der Waals surface area (Å²) >= 11 is 0. The highest BCUT2D eigenvalue weighted by atomic mass is 16.1. The van der Waals surface area contributed by atoms with Crippen LogP contribution in [-0.2, 0) is 4.79 Å². The Morgan fingerprint density at radius 1 is 1.30 bits per heavy atom. The molecule has 0 saturated heterocycles. The third kappa shape index (κ3) is 6.17. The van der Waals surface area contributed by atoms with Gasteiger partial charge in [0.1, 0.15) is 0 Å². The van der Waals surface area contributed by atoms with Crippen molar-refractivity contribution in [3.05, 3.63) is 35.9 Å². The first-order chi connectivity index (χ1) is 9.50. The fraction of sp³-hybridized carbons (Fsp3) is 0.562. The normalized spacial score (nSPS) is 14.1. The van der Waals surface area contributed by atoms with Crippen LogP contribution in [0.2, 0.25) is 0 Å². The van der Waals surface area contributed by atoms with Gasteiger partial charge in [-0.3, -0.25) is 4.79 Å². The molecule has 1 aromatic rings. The summed E-state index contributed by atoms with van der Waals surface area (Å²) in [6.07, 6.45) is 2.29. The molecule has 3 N–H and O–H groups in total. The molecular formula is C16H27N3O. The zero-order valence-corrected chi connectivity index (χ0v) is 12.8. The summed E-state index contributed by atoms with van der Waals surface area (Å²) in [5.74, 6) is 0.105. The van der Waals surface area contributed by atoms with E-state index in [-0.39, 0.29) is 18.0 Å². The van der Waals surface area contributed by atoms with Gasteiger partial charge in [-0.2, -0.15) is 0 Å². The van der Waals surface area contributed by atoms with Crippen molar-refractivity contribution in [2.45, 2.75) is 38.3 Å². The van der Waals surface area contributed by atoms with Crippen molar-refractivity contribution in [3.63, 3.8) is 0 Å². The molecule has 112 valence electrons. The maximum Gasteiger partial charge on any atom is 0.220 e. The highest BCUT2D eigenvalue weighted by Gasteiger charge is 2.14. The molecule has 0 spiro atoms. The molecule has 0 fully saturated rings. The van der Waals surface area contributed by atoms with Gasteiger partial charge in [0.05, 0.1) is 6.04 Å². The van der Waals surface area contributed by atoms with Gasteiger partial charge in [0.2, 0.25) is 5.91 Å². The molecule has 0 saturated carbocycles. The zero-order valence-electron chi connectivity index (χ0n) is 12.8. The number of amides is 1. The van der Waals surface area contributed by atoms with Crippen molar-refractivity contribution in [1.29, 1.82) is 0 Å². The third-order valence-electron chi connectivity index (χ3n) is 3.36. The molecule has 0 aliphatic heterocycles. The minimum Gasteiger partial charge on any atom is -0.354 e. The van der Waals surface area contributed by atoms with Crippen molar-refractivity contribution in [3.8, 4) is 0 Å². The Hall–Kier alpha value is -1.39. The number of likely N-dealkylation sites (N-methyl/N-ethyl adjacent to an activating group) is 1. The quantitative estimate of drug-likeness (QED) is 0.763. The molecule has 0 radical (unpaired) electrons. The van der Waals surface area contributed by atoms with Gasteiger partial charge in [-0.25, -0.2) is 0 Å². The average molecular weight is 277 g/mol. The van der Waals surface area contributed by atoms with Crippen LogP contribution in [0.15, 0.2) is 30.3 Å². The standard InChI is InChI=1S/C16H27N3O/c1-13(17)8-7-11-16(20)18-12-15(19(2)3)14-9-5-4-6-10-14/h4-6,9-10,13,15H,7-8,11-12,17H2,1-3H3,(H,18,20). The topological polar surface area (TPSA) is 58.4 Å². The Morgan fingerprint density at radius 2 is 1.95 bits per heavy atom. The van der Waals surface area contributed by atoms with Crippen LogP contribution in [0.5, 0.6) is 0 Å². The maximum atomic E-state index is 11.8. The lowest BCUT2D eigenvalue weighted by Crippen LogP contribution is -2.34. The first-order valence-corrected chi connectivity index (χ1v) is 7.24. The van der Waals surface area contributed by atoms with Gasteiger partial charge in [0.15, 0.2) is 0 Å². The van der Waals surface area contributed by atoms with Crippen molar-refractivity contribution < 1.29 is 4.79 Å². The molecule has 0 heterocycles. The number of carbonyl (C=O) groups excluding carboxylic acids is 1. The number of hydrogen-bond donors (Lipinski definition) is 2.